The van der Waals surface area contributed by atoms with Crippen LogP contribution in [0.5, 0.6) is 0 Å². The van der Waals surface area contributed by atoms with Crippen LogP contribution in [0.15, 0.2) is 0 Å². The molecule has 1 saturated carbocycles. The van der Waals surface area contributed by atoms with Crippen molar-refractivity contribution >= 4 is 11.8 Å². The number of hydrogen-bond donors (Lipinski definition) is 1. The van der Waals surface area contributed by atoms with Crippen molar-refractivity contribution in [2.75, 3.05) is 13.1 Å². The van der Waals surface area contributed by atoms with Gasteiger partial charge in [0, 0.05) is 19.1 Å². The number of nitrogens with zero attached hydrogens (tertiary/aromatic N) is 1. The maximum absolute atomic E-state index is 12.1. The molecule has 0 atom stereocenters. The van der Waals surface area contributed by atoms with Gasteiger partial charge in [0.25, 0.3) is 0 Å². The van der Waals surface area contributed by atoms with Gasteiger partial charge in [0.15, 0.2) is 0 Å². The molecule has 0 aromatic carbocycles. The first-order chi connectivity index (χ1) is 9.19. The highest BCUT2D eigenvalue weighted by atomic mass is 16.2. The Balaban J connectivity index is 2.47. The fraction of sp³-hybridized carbons (Fsp3) is 0.867. The number of amides is 2. The van der Waals surface area contributed by atoms with Crippen LogP contribution < -0.4 is 5.32 Å². The molecule has 1 aliphatic rings. The molecule has 0 aromatic heterocycles. The van der Waals surface area contributed by atoms with E-state index in [0.717, 1.165) is 38.5 Å². The zero-order chi connectivity index (χ0) is 14.1. The average molecular weight is 268 g/mol. The van der Waals surface area contributed by atoms with E-state index in [-0.39, 0.29) is 11.9 Å². The van der Waals surface area contributed by atoms with Gasteiger partial charge in [0.05, 0.1) is 0 Å². The van der Waals surface area contributed by atoms with E-state index >= 15 is 0 Å². The Morgan fingerprint density at radius 1 is 1.00 bits per heavy atom. The lowest BCUT2D eigenvalue weighted by Crippen LogP contribution is -2.47. The van der Waals surface area contributed by atoms with E-state index in [9.17, 15) is 9.59 Å². The summed E-state index contributed by atoms with van der Waals surface area (Å²) in [7, 11) is 0. The standard InChI is InChI=1S/C15H28N2O2/c1-3-11-17(12-4-2)15(19)14(18)16-13-9-7-5-6-8-10-13/h13H,3-12H2,1-2H3,(H,16,18). The summed E-state index contributed by atoms with van der Waals surface area (Å²) in [5.41, 5.74) is 0. The van der Waals surface area contributed by atoms with Crippen molar-refractivity contribution in [2.45, 2.75) is 71.3 Å². The van der Waals surface area contributed by atoms with E-state index in [0.29, 0.717) is 13.1 Å². The summed E-state index contributed by atoms with van der Waals surface area (Å²) < 4.78 is 0. The lowest BCUT2D eigenvalue weighted by molar-refractivity contribution is -0.146. The van der Waals surface area contributed by atoms with Gasteiger partial charge in [-0.2, -0.15) is 0 Å². The predicted molar refractivity (Wildman–Crippen MR) is 76.8 cm³/mol. The Morgan fingerprint density at radius 3 is 2.00 bits per heavy atom. The molecule has 0 aromatic rings. The molecule has 2 amide bonds. The summed E-state index contributed by atoms with van der Waals surface area (Å²) in [6, 6.07) is 0.198. The molecule has 0 aliphatic heterocycles. The number of carbonyl (C=O) groups is 2. The molecule has 0 spiro atoms. The van der Waals surface area contributed by atoms with Crippen molar-refractivity contribution in [3.05, 3.63) is 0 Å². The maximum Gasteiger partial charge on any atom is 0.311 e. The van der Waals surface area contributed by atoms with Gasteiger partial charge in [-0.15, -0.1) is 0 Å². The highest BCUT2D eigenvalue weighted by Gasteiger charge is 2.23. The van der Waals surface area contributed by atoms with Crippen LogP contribution in [0.1, 0.15) is 65.2 Å². The number of nitrogens with one attached hydrogen (secondary N) is 1. The van der Waals surface area contributed by atoms with Crippen LogP contribution in [0.25, 0.3) is 0 Å². The summed E-state index contributed by atoms with van der Waals surface area (Å²) in [5, 5.41) is 2.93. The largest absolute Gasteiger partial charge is 0.345 e. The third kappa shape index (κ3) is 5.62. The van der Waals surface area contributed by atoms with Gasteiger partial charge in [-0.25, -0.2) is 0 Å². The van der Waals surface area contributed by atoms with E-state index in [4.69, 9.17) is 0 Å². The Labute approximate surface area is 116 Å². The zero-order valence-corrected chi connectivity index (χ0v) is 12.4. The van der Waals surface area contributed by atoms with Crippen molar-refractivity contribution in [3.63, 3.8) is 0 Å². The second kappa shape index (κ2) is 8.94. The van der Waals surface area contributed by atoms with Crippen LogP contribution in [0.4, 0.5) is 0 Å². The normalized spacial score (nSPS) is 16.7. The van der Waals surface area contributed by atoms with Gasteiger partial charge >= 0.3 is 11.8 Å². The SMILES string of the molecule is CCCN(CCC)C(=O)C(=O)NC1CCCCCC1. The minimum Gasteiger partial charge on any atom is -0.345 e. The molecule has 0 radical (unpaired) electrons. The van der Waals surface area contributed by atoms with E-state index in [1.165, 1.54) is 12.8 Å². The fourth-order valence-corrected chi connectivity index (χ4v) is 2.67. The minimum atomic E-state index is -0.409. The molecule has 1 rings (SSSR count). The first-order valence-corrected chi connectivity index (χ1v) is 7.78. The lowest BCUT2D eigenvalue weighted by Gasteiger charge is -2.22. The van der Waals surface area contributed by atoms with Crippen molar-refractivity contribution in [1.82, 2.24) is 10.2 Å². The summed E-state index contributed by atoms with van der Waals surface area (Å²) in [6.07, 6.45) is 8.63. The van der Waals surface area contributed by atoms with Gasteiger partial charge in [-0.3, -0.25) is 9.59 Å². The summed E-state index contributed by atoms with van der Waals surface area (Å²) in [5.74, 6) is -0.762. The van der Waals surface area contributed by atoms with Gasteiger partial charge in [-0.1, -0.05) is 39.5 Å². The molecule has 19 heavy (non-hydrogen) atoms. The molecule has 4 heteroatoms. The highest BCUT2D eigenvalue weighted by Crippen LogP contribution is 2.17. The van der Waals surface area contributed by atoms with E-state index < -0.39 is 5.91 Å². The van der Waals surface area contributed by atoms with E-state index in [1.807, 2.05) is 13.8 Å². The smallest absolute Gasteiger partial charge is 0.311 e. The molecule has 4 nitrogen and oxygen atoms in total. The average Bonchev–Trinajstić information content (AvgIpc) is 2.66. The molecule has 1 N–H and O–H groups in total. The molecule has 1 aliphatic carbocycles. The summed E-state index contributed by atoms with van der Waals surface area (Å²) in [6.45, 7) is 5.40. The monoisotopic (exact) mass is 268 g/mol. The summed E-state index contributed by atoms with van der Waals surface area (Å²) >= 11 is 0. The topological polar surface area (TPSA) is 49.4 Å². The molecule has 1 fully saturated rings. The molecule has 0 bridgehead atoms. The van der Waals surface area contributed by atoms with Crippen LogP contribution in [-0.2, 0) is 9.59 Å². The molecular weight excluding hydrogens is 240 g/mol. The number of rotatable bonds is 5. The first kappa shape index (κ1) is 16.0. The maximum atomic E-state index is 12.1. The van der Waals surface area contributed by atoms with Crippen LogP contribution in [0.2, 0.25) is 0 Å². The lowest BCUT2D eigenvalue weighted by atomic mass is 10.1. The van der Waals surface area contributed by atoms with Crippen molar-refractivity contribution < 1.29 is 9.59 Å². The molecule has 0 unspecified atom stereocenters. The fourth-order valence-electron chi connectivity index (χ4n) is 2.67. The van der Waals surface area contributed by atoms with Gasteiger partial charge in [0.2, 0.25) is 0 Å². The van der Waals surface area contributed by atoms with Crippen LogP contribution in [-0.4, -0.2) is 35.8 Å². The third-order valence-electron chi connectivity index (χ3n) is 3.66. The van der Waals surface area contributed by atoms with Gasteiger partial charge in [0.1, 0.15) is 0 Å². The van der Waals surface area contributed by atoms with Crippen LogP contribution in [0.3, 0.4) is 0 Å². The Bertz CT molecular complexity index is 278. The first-order valence-electron chi connectivity index (χ1n) is 7.78. The van der Waals surface area contributed by atoms with Crippen molar-refractivity contribution in [3.8, 4) is 0 Å². The molecule has 0 saturated heterocycles. The molecule has 0 heterocycles. The number of hydrogen-bond acceptors (Lipinski definition) is 2. The summed E-state index contributed by atoms with van der Waals surface area (Å²) in [4.78, 5) is 25.8. The van der Waals surface area contributed by atoms with Gasteiger partial charge in [-0.05, 0) is 25.7 Å². The quantitative estimate of drug-likeness (QED) is 0.615. The molecular formula is C15H28N2O2. The van der Waals surface area contributed by atoms with Crippen molar-refractivity contribution in [2.24, 2.45) is 0 Å². The van der Waals surface area contributed by atoms with Crippen LogP contribution in [0, 0.1) is 0 Å². The van der Waals surface area contributed by atoms with Gasteiger partial charge < -0.3 is 10.2 Å². The Kier molecular flexibility index (Phi) is 7.53. The number of carbonyl (C=O) groups excluding carboxylic acids is 2. The second-order valence-electron chi connectivity index (χ2n) is 5.45. The molecule has 110 valence electrons. The predicted octanol–water partition coefficient (Wildman–Crippen LogP) is 2.47. The van der Waals surface area contributed by atoms with Crippen molar-refractivity contribution in [1.29, 1.82) is 0 Å². The Morgan fingerprint density at radius 2 is 1.53 bits per heavy atom. The minimum absolute atomic E-state index is 0.198. The van der Waals surface area contributed by atoms with E-state index in [1.54, 1.807) is 4.90 Å². The van der Waals surface area contributed by atoms with Crippen LogP contribution >= 0.6 is 0 Å². The van der Waals surface area contributed by atoms with E-state index in [2.05, 4.69) is 5.32 Å². The third-order valence-corrected chi connectivity index (χ3v) is 3.66. The second-order valence-corrected chi connectivity index (χ2v) is 5.45. The zero-order valence-electron chi connectivity index (χ0n) is 12.4. The highest BCUT2D eigenvalue weighted by molar-refractivity contribution is 6.35. The Hall–Kier alpha value is -1.06.